The van der Waals surface area contributed by atoms with Gasteiger partial charge in [-0.15, -0.1) is 0 Å². The van der Waals surface area contributed by atoms with Crippen molar-refractivity contribution in [1.82, 2.24) is 0 Å². The van der Waals surface area contributed by atoms with Crippen molar-refractivity contribution in [1.29, 1.82) is 0 Å². The summed E-state index contributed by atoms with van der Waals surface area (Å²) in [6, 6.07) is 18.1. The topological polar surface area (TPSA) is 40.1 Å². The zero-order valence-corrected chi connectivity index (χ0v) is 10.2. The van der Waals surface area contributed by atoms with Crippen molar-refractivity contribution in [3.05, 3.63) is 60.2 Å². The maximum absolute atomic E-state index is 10.5. The normalized spacial score (nSPS) is 12.3. The third-order valence-corrected chi connectivity index (χ3v) is 3.16. The summed E-state index contributed by atoms with van der Waals surface area (Å²) in [4.78, 5) is 0. The van der Waals surface area contributed by atoms with Crippen LogP contribution in [-0.4, -0.2) is 14.5 Å². The molecule has 0 amide bonds. The van der Waals surface area contributed by atoms with Gasteiger partial charge >= 0.3 is 0 Å². The van der Waals surface area contributed by atoms with Crippen LogP contribution < -0.4 is 0 Å². The first-order chi connectivity index (χ1) is 8.25. The van der Waals surface area contributed by atoms with Crippen LogP contribution in [0.25, 0.3) is 11.1 Å². The zero-order valence-electron chi connectivity index (χ0n) is 9.34. The average molecular weight is 245 g/mol. The lowest BCUT2D eigenvalue weighted by Crippen LogP contribution is -1.99. The standard InChI is InChI=1S/C14H14O2S/c15-17(16)11-10-12-6-8-14(9-7-12)13-4-2-1-3-5-13/h1-9H,10-11H2,(H,15,16)/p-1. The maximum atomic E-state index is 10.5. The highest BCUT2D eigenvalue weighted by atomic mass is 32.2. The second-order valence-corrected chi connectivity index (χ2v) is 4.84. The lowest BCUT2D eigenvalue weighted by atomic mass is 10.0. The largest absolute Gasteiger partial charge is 0.772 e. The maximum Gasteiger partial charge on any atom is 0.0142 e. The Morgan fingerprint density at radius 2 is 1.47 bits per heavy atom. The minimum absolute atomic E-state index is 0.185. The summed E-state index contributed by atoms with van der Waals surface area (Å²) in [6.07, 6.45) is 0.575. The average Bonchev–Trinajstić information content (AvgIpc) is 2.38. The van der Waals surface area contributed by atoms with Gasteiger partial charge in [-0.2, -0.15) is 0 Å². The molecular weight excluding hydrogens is 232 g/mol. The fourth-order valence-corrected chi connectivity index (χ4v) is 2.10. The second-order valence-electron chi connectivity index (χ2n) is 3.82. The van der Waals surface area contributed by atoms with E-state index in [1.807, 2.05) is 42.5 Å². The Kier molecular flexibility index (Phi) is 4.07. The number of hydrogen-bond donors (Lipinski definition) is 0. The highest BCUT2D eigenvalue weighted by molar-refractivity contribution is 7.79. The fourth-order valence-electron chi connectivity index (χ4n) is 1.70. The van der Waals surface area contributed by atoms with Crippen molar-refractivity contribution in [3.8, 4) is 11.1 Å². The molecule has 0 saturated heterocycles. The van der Waals surface area contributed by atoms with E-state index in [-0.39, 0.29) is 5.75 Å². The Morgan fingerprint density at radius 1 is 0.882 bits per heavy atom. The van der Waals surface area contributed by atoms with Gasteiger partial charge in [-0.3, -0.25) is 4.21 Å². The van der Waals surface area contributed by atoms with E-state index in [1.54, 1.807) is 0 Å². The summed E-state index contributed by atoms with van der Waals surface area (Å²) in [5.74, 6) is 0.185. The predicted octanol–water partition coefficient (Wildman–Crippen LogP) is 2.78. The fraction of sp³-hybridized carbons (Fsp3) is 0.143. The number of hydrogen-bond acceptors (Lipinski definition) is 2. The molecule has 0 aliphatic carbocycles. The molecule has 0 saturated carbocycles. The van der Waals surface area contributed by atoms with Crippen LogP contribution >= 0.6 is 0 Å². The van der Waals surface area contributed by atoms with Crippen LogP contribution in [0.3, 0.4) is 0 Å². The van der Waals surface area contributed by atoms with Crippen molar-refractivity contribution in [2.24, 2.45) is 0 Å². The van der Waals surface area contributed by atoms with Crippen molar-refractivity contribution in [2.45, 2.75) is 6.42 Å². The highest BCUT2D eigenvalue weighted by Crippen LogP contribution is 2.19. The number of aryl methyl sites for hydroxylation is 1. The SMILES string of the molecule is O=S([O-])CCc1ccc(-c2ccccc2)cc1. The molecule has 2 nitrogen and oxygen atoms in total. The third-order valence-electron chi connectivity index (χ3n) is 2.62. The van der Waals surface area contributed by atoms with Crippen LogP contribution in [0.15, 0.2) is 54.6 Å². The Labute approximate surface area is 104 Å². The molecule has 2 aromatic rings. The first-order valence-corrected chi connectivity index (χ1v) is 6.70. The van der Waals surface area contributed by atoms with Gasteiger partial charge in [0.15, 0.2) is 0 Å². The Bertz CT molecular complexity index is 491. The predicted molar refractivity (Wildman–Crippen MR) is 69.4 cm³/mol. The summed E-state index contributed by atoms with van der Waals surface area (Å²) in [7, 11) is 0. The molecule has 0 bridgehead atoms. The van der Waals surface area contributed by atoms with Crippen LogP contribution in [0.5, 0.6) is 0 Å². The Morgan fingerprint density at radius 3 is 2.06 bits per heavy atom. The van der Waals surface area contributed by atoms with Gasteiger partial charge in [-0.05, 0) is 23.1 Å². The number of rotatable bonds is 4. The molecule has 0 aliphatic heterocycles. The quantitative estimate of drug-likeness (QED) is 0.777. The van der Waals surface area contributed by atoms with Crippen molar-refractivity contribution < 1.29 is 8.76 Å². The van der Waals surface area contributed by atoms with E-state index >= 15 is 0 Å². The minimum atomic E-state index is -1.96. The van der Waals surface area contributed by atoms with E-state index in [2.05, 4.69) is 12.1 Å². The highest BCUT2D eigenvalue weighted by Gasteiger charge is 1.97. The summed E-state index contributed by atoms with van der Waals surface area (Å²) >= 11 is -1.96. The van der Waals surface area contributed by atoms with Gasteiger partial charge in [0.2, 0.25) is 0 Å². The second kappa shape index (κ2) is 5.75. The van der Waals surface area contributed by atoms with Crippen LogP contribution in [-0.2, 0) is 17.5 Å². The van der Waals surface area contributed by atoms with Gasteiger partial charge in [0, 0.05) is 5.75 Å². The van der Waals surface area contributed by atoms with Crippen molar-refractivity contribution in [2.75, 3.05) is 5.75 Å². The molecule has 88 valence electrons. The van der Waals surface area contributed by atoms with Crippen LogP contribution in [0, 0.1) is 0 Å². The Hall–Kier alpha value is -1.45. The van der Waals surface area contributed by atoms with Crippen molar-refractivity contribution in [3.63, 3.8) is 0 Å². The molecule has 17 heavy (non-hydrogen) atoms. The first-order valence-electron chi connectivity index (χ1n) is 5.46. The van der Waals surface area contributed by atoms with Crippen LogP contribution in [0.4, 0.5) is 0 Å². The van der Waals surface area contributed by atoms with Crippen molar-refractivity contribution >= 4 is 11.1 Å². The lowest BCUT2D eigenvalue weighted by molar-refractivity contribution is 0.536. The Balaban J connectivity index is 2.11. The van der Waals surface area contributed by atoms with Gasteiger partial charge in [0.1, 0.15) is 0 Å². The first kappa shape index (κ1) is 12.0. The molecule has 0 spiro atoms. The van der Waals surface area contributed by atoms with E-state index in [0.717, 1.165) is 11.1 Å². The van der Waals surface area contributed by atoms with Crippen LogP contribution in [0.1, 0.15) is 5.56 Å². The van der Waals surface area contributed by atoms with Gasteiger partial charge in [-0.25, -0.2) is 0 Å². The van der Waals surface area contributed by atoms with Gasteiger partial charge in [0.05, 0.1) is 0 Å². The zero-order chi connectivity index (χ0) is 12.1. The molecular formula is C14H13O2S-. The van der Waals surface area contributed by atoms with Gasteiger partial charge < -0.3 is 4.55 Å². The monoisotopic (exact) mass is 245 g/mol. The molecule has 1 unspecified atom stereocenters. The lowest BCUT2D eigenvalue weighted by Gasteiger charge is -2.06. The molecule has 0 aromatic heterocycles. The minimum Gasteiger partial charge on any atom is -0.772 e. The summed E-state index contributed by atoms with van der Waals surface area (Å²) < 4.78 is 20.9. The molecule has 1 atom stereocenters. The van der Waals surface area contributed by atoms with Crippen LogP contribution in [0.2, 0.25) is 0 Å². The van der Waals surface area contributed by atoms with E-state index < -0.39 is 11.1 Å². The molecule has 0 N–H and O–H groups in total. The molecule has 0 aliphatic rings. The molecule has 0 heterocycles. The van der Waals surface area contributed by atoms with E-state index in [4.69, 9.17) is 0 Å². The molecule has 3 heteroatoms. The summed E-state index contributed by atoms with van der Waals surface area (Å²) in [5, 5.41) is 0. The van der Waals surface area contributed by atoms with Gasteiger partial charge in [0.25, 0.3) is 0 Å². The third kappa shape index (κ3) is 3.51. The van der Waals surface area contributed by atoms with E-state index in [9.17, 15) is 8.76 Å². The molecule has 0 radical (unpaired) electrons. The van der Waals surface area contributed by atoms with E-state index in [1.165, 1.54) is 5.56 Å². The molecule has 2 aromatic carbocycles. The smallest absolute Gasteiger partial charge is 0.0142 e. The summed E-state index contributed by atoms with van der Waals surface area (Å²) in [5.41, 5.74) is 3.37. The molecule has 0 fully saturated rings. The molecule has 2 rings (SSSR count). The van der Waals surface area contributed by atoms with E-state index in [0.29, 0.717) is 6.42 Å². The summed E-state index contributed by atoms with van der Waals surface area (Å²) in [6.45, 7) is 0. The van der Waals surface area contributed by atoms with Gasteiger partial charge in [-0.1, -0.05) is 65.7 Å². The number of benzene rings is 2.